The minimum absolute atomic E-state index is 0.887. The van der Waals surface area contributed by atoms with Crippen LogP contribution in [0.5, 0.6) is 0 Å². The van der Waals surface area contributed by atoms with Gasteiger partial charge in [-0.25, -0.2) is 4.98 Å². The van der Waals surface area contributed by atoms with Crippen molar-refractivity contribution in [2.75, 3.05) is 11.9 Å². The van der Waals surface area contributed by atoms with Gasteiger partial charge in [-0.3, -0.25) is 9.38 Å². The fraction of sp³-hybridized carbons (Fsp3) is 0.400. The Morgan fingerprint density at radius 3 is 2.86 bits per heavy atom. The van der Waals surface area contributed by atoms with Gasteiger partial charge in [0.1, 0.15) is 5.82 Å². The van der Waals surface area contributed by atoms with Crippen LogP contribution in [0.3, 0.4) is 0 Å². The summed E-state index contributed by atoms with van der Waals surface area (Å²) in [4.78, 5) is 8.54. The fourth-order valence-corrected chi connectivity index (χ4v) is 1.42. The standard InChI is InChI=1S/C10H14N4/c1-3-8-7-14-9(11-4-2)6-13-10(14)5-12-8/h5-7,11H,3-4H2,1-2H3. The molecule has 4 nitrogen and oxygen atoms in total. The lowest BCUT2D eigenvalue weighted by Crippen LogP contribution is -2.01. The molecule has 0 fully saturated rings. The molecule has 2 aromatic rings. The van der Waals surface area contributed by atoms with E-state index >= 15 is 0 Å². The Morgan fingerprint density at radius 2 is 2.14 bits per heavy atom. The summed E-state index contributed by atoms with van der Waals surface area (Å²) in [5.41, 5.74) is 1.97. The summed E-state index contributed by atoms with van der Waals surface area (Å²) in [6, 6.07) is 0. The van der Waals surface area contributed by atoms with E-state index in [9.17, 15) is 0 Å². The Balaban J connectivity index is 2.52. The maximum Gasteiger partial charge on any atom is 0.156 e. The molecule has 0 atom stereocenters. The highest BCUT2D eigenvalue weighted by Gasteiger charge is 2.02. The van der Waals surface area contributed by atoms with Gasteiger partial charge < -0.3 is 5.32 Å². The van der Waals surface area contributed by atoms with E-state index in [-0.39, 0.29) is 0 Å². The second-order valence-corrected chi connectivity index (χ2v) is 3.13. The van der Waals surface area contributed by atoms with Crippen molar-refractivity contribution in [3.05, 3.63) is 24.3 Å². The average Bonchev–Trinajstić information content (AvgIpc) is 2.61. The molecule has 0 unspecified atom stereocenters. The molecule has 74 valence electrons. The lowest BCUT2D eigenvalue weighted by molar-refractivity contribution is 0.977. The van der Waals surface area contributed by atoms with Crippen LogP contribution >= 0.6 is 0 Å². The highest BCUT2D eigenvalue weighted by atomic mass is 15.1. The second-order valence-electron chi connectivity index (χ2n) is 3.13. The van der Waals surface area contributed by atoms with E-state index in [2.05, 4.69) is 29.1 Å². The zero-order chi connectivity index (χ0) is 9.97. The fourth-order valence-electron chi connectivity index (χ4n) is 1.42. The zero-order valence-electron chi connectivity index (χ0n) is 8.49. The highest BCUT2D eigenvalue weighted by Crippen LogP contribution is 2.11. The van der Waals surface area contributed by atoms with Crippen molar-refractivity contribution < 1.29 is 0 Å². The Hall–Kier alpha value is -1.58. The molecule has 14 heavy (non-hydrogen) atoms. The van der Waals surface area contributed by atoms with Crippen molar-refractivity contribution in [2.45, 2.75) is 20.3 Å². The van der Waals surface area contributed by atoms with Crippen molar-refractivity contribution in [3.8, 4) is 0 Å². The van der Waals surface area contributed by atoms with Crippen LogP contribution in [0.4, 0.5) is 5.82 Å². The molecular weight excluding hydrogens is 176 g/mol. The third-order valence-corrected chi connectivity index (χ3v) is 2.17. The van der Waals surface area contributed by atoms with E-state index in [1.54, 1.807) is 6.20 Å². The van der Waals surface area contributed by atoms with Crippen LogP contribution in [-0.4, -0.2) is 20.9 Å². The second kappa shape index (κ2) is 3.65. The first-order valence-corrected chi connectivity index (χ1v) is 4.91. The molecule has 0 aliphatic carbocycles. The summed E-state index contributed by atoms with van der Waals surface area (Å²) in [5, 5.41) is 3.25. The molecule has 0 amide bonds. The molecule has 0 radical (unpaired) electrons. The van der Waals surface area contributed by atoms with Gasteiger partial charge in [0, 0.05) is 12.7 Å². The van der Waals surface area contributed by atoms with Crippen molar-refractivity contribution >= 4 is 11.5 Å². The predicted octanol–water partition coefficient (Wildman–Crippen LogP) is 1.72. The number of hydrogen-bond donors (Lipinski definition) is 1. The Kier molecular flexibility index (Phi) is 2.35. The van der Waals surface area contributed by atoms with Gasteiger partial charge in [0.25, 0.3) is 0 Å². The molecule has 0 spiro atoms. The number of rotatable bonds is 3. The van der Waals surface area contributed by atoms with Crippen LogP contribution in [0.15, 0.2) is 18.6 Å². The molecule has 0 aromatic carbocycles. The van der Waals surface area contributed by atoms with Crippen LogP contribution < -0.4 is 5.32 Å². The van der Waals surface area contributed by atoms with Gasteiger partial charge in [0.2, 0.25) is 0 Å². The predicted molar refractivity (Wildman–Crippen MR) is 56.5 cm³/mol. The van der Waals surface area contributed by atoms with Crippen molar-refractivity contribution in [1.82, 2.24) is 14.4 Å². The first-order chi connectivity index (χ1) is 6.85. The molecule has 0 saturated carbocycles. The van der Waals surface area contributed by atoms with E-state index in [0.717, 1.165) is 30.1 Å². The lowest BCUT2D eigenvalue weighted by atomic mass is 10.3. The lowest BCUT2D eigenvalue weighted by Gasteiger charge is -2.03. The van der Waals surface area contributed by atoms with Gasteiger partial charge in [0.15, 0.2) is 5.65 Å². The molecule has 0 bridgehead atoms. The number of imidazole rings is 1. The van der Waals surface area contributed by atoms with E-state index in [0.29, 0.717) is 0 Å². The van der Waals surface area contributed by atoms with Crippen LogP contribution in [-0.2, 0) is 6.42 Å². The number of aryl methyl sites for hydroxylation is 1. The van der Waals surface area contributed by atoms with E-state index in [1.807, 2.05) is 16.8 Å². The summed E-state index contributed by atoms with van der Waals surface area (Å²) in [6.45, 7) is 5.07. The first-order valence-electron chi connectivity index (χ1n) is 4.91. The van der Waals surface area contributed by atoms with Crippen LogP contribution in [0.1, 0.15) is 19.5 Å². The van der Waals surface area contributed by atoms with Crippen LogP contribution in [0, 0.1) is 0 Å². The monoisotopic (exact) mass is 190 g/mol. The summed E-state index contributed by atoms with van der Waals surface area (Å²) in [5.74, 6) is 1.03. The van der Waals surface area contributed by atoms with Gasteiger partial charge in [0.05, 0.1) is 18.1 Å². The molecular formula is C10H14N4. The molecule has 4 heteroatoms. The third-order valence-electron chi connectivity index (χ3n) is 2.17. The molecule has 0 aliphatic rings. The summed E-state index contributed by atoms with van der Waals surface area (Å²) >= 11 is 0. The average molecular weight is 190 g/mol. The van der Waals surface area contributed by atoms with E-state index < -0.39 is 0 Å². The number of aromatic nitrogens is 3. The quantitative estimate of drug-likeness (QED) is 0.801. The largest absolute Gasteiger partial charge is 0.370 e. The van der Waals surface area contributed by atoms with Crippen molar-refractivity contribution in [3.63, 3.8) is 0 Å². The van der Waals surface area contributed by atoms with Gasteiger partial charge in [-0.05, 0) is 13.3 Å². The highest BCUT2D eigenvalue weighted by molar-refractivity contribution is 5.48. The van der Waals surface area contributed by atoms with Gasteiger partial charge in [-0.1, -0.05) is 6.92 Å². The normalized spacial score (nSPS) is 10.7. The SMILES string of the molecule is CCNc1cnc2cnc(CC)cn12. The van der Waals surface area contributed by atoms with Gasteiger partial charge in [-0.2, -0.15) is 0 Å². The minimum Gasteiger partial charge on any atom is -0.370 e. The Bertz CT molecular complexity index is 433. The summed E-state index contributed by atoms with van der Waals surface area (Å²) < 4.78 is 2.04. The number of fused-ring (bicyclic) bond motifs is 1. The molecule has 0 saturated heterocycles. The Morgan fingerprint density at radius 1 is 1.29 bits per heavy atom. The van der Waals surface area contributed by atoms with E-state index in [4.69, 9.17) is 0 Å². The van der Waals surface area contributed by atoms with Gasteiger partial charge >= 0.3 is 0 Å². The molecule has 1 N–H and O–H groups in total. The molecule has 2 rings (SSSR count). The van der Waals surface area contributed by atoms with Gasteiger partial charge in [-0.15, -0.1) is 0 Å². The van der Waals surface area contributed by atoms with E-state index in [1.165, 1.54) is 0 Å². The van der Waals surface area contributed by atoms with Crippen LogP contribution in [0.25, 0.3) is 5.65 Å². The number of anilines is 1. The van der Waals surface area contributed by atoms with Crippen molar-refractivity contribution in [2.24, 2.45) is 0 Å². The summed E-state index contributed by atoms with van der Waals surface area (Å²) in [7, 11) is 0. The molecule has 0 aliphatic heterocycles. The Labute approximate surface area is 83.0 Å². The smallest absolute Gasteiger partial charge is 0.156 e. The zero-order valence-corrected chi connectivity index (χ0v) is 8.49. The minimum atomic E-state index is 0.887. The number of hydrogen-bond acceptors (Lipinski definition) is 3. The maximum absolute atomic E-state index is 4.29. The van der Waals surface area contributed by atoms with Crippen molar-refractivity contribution in [1.29, 1.82) is 0 Å². The summed E-state index contributed by atoms with van der Waals surface area (Å²) in [6.07, 6.45) is 6.61. The topological polar surface area (TPSA) is 42.2 Å². The number of nitrogens with zero attached hydrogens (tertiary/aromatic N) is 3. The number of nitrogens with one attached hydrogen (secondary N) is 1. The molecule has 2 aromatic heterocycles. The maximum atomic E-state index is 4.29. The molecule has 2 heterocycles. The first kappa shape index (κ1) is 8.99. The third kappa shape index (κ3) is 1.43. The van der Waals surface area contributed by atoms with Crippen LogP contribution in [0.2, 0.25) is 0 Å².